The van der Waals surface area contributed by atoms with Gasteiger partial charge >= 0.3 is 0 Å². The highest BCUT2D eigenvalue weighted by Gasteiger charge is 2.22. The van der Waals surface area contributed by atoms with Crippen LogP contribution in [0.15, 0.2) is 47.3 Å². The molecule has 0 bridgehead atoms. The van der Waals surface area contributed by atoms with Gasteiger partial charge in [0.25, 0.3) is 11.2 Å². The van der Waals surface area contributed by atoms with E-state index in [1.807, 2.05) is 37.3 Å². The van der Waals surface area contributed by atoms with Gasteiger partial charge in [-0.2, -0.15) is 0 Å². The van der Waals surface area contributed by atoms with Gasteiger partial charge in [-0.25, -0.2) is 4.98 Å². The summed E-state index contributed by atoms with van der Waals surface area (Å²) in [6, 6.07) is 11.9. The number of benzene rings is 2. The Hall–Kier alpha value is -3.48. The van der Waals surface area contributed by atoms with Crippen molar-refractivity contribution in [2.75, 3.05) is 6.61 Å². The zero-order valence-electron chi connectivity index (χ0n) is 14.7. The molecule has 2 heterocycles. The van der Waals surface area contributed by atoms with Crippen LogP contribution >= 0.6 is 0 Å². The van der Waals surface area contributed by atoms with Crippen LogP contribution in [0.2, 0.25) is 0 Å². The van der Waals surface area contributed by atoms with Crippen molar-refractivity contribution in [2.24, 2.45) is 0 Å². The molecule has 0 unspecified atom stereocenters. The Bertz CT molecular complexity index is 1150. The van der Waals surface area contributed by atoms with E-state index in [9.17, 15) is 14.9 Å². The number of rotatable bonds is 4. The molecule has 0 fully saturated rings. The Morgan fingerprint density at radius 1 is 1.30 bits per heavy atom. The summed E-state index contributed by atoms with van der Waals surface area (Å²) < 4.78 is 7.25. The summed E-state index contributed by atoms with van der Waals surface area (Å²) in [6.07, 6.45) is 2.66. The minimum atomic E-state index is -0.507. The molecule has 0 saturated carbocycles. The maximum absolute atomic E-state index is 12.8. The first-order chi connectivity index (χ1) is 13.1. The monoisotopic (exact) mass is 363 g/mol. The molecule has 3 aromatic rings. The van der Waals surface area contributed by atoms with Crippen LogP contribution in [0, 0.1) is 10.1 Å². The molecule has 1 aliphatic rings. The van der Waals surface area contributed by atoms with Gasteiger partial charge in [-0.3, -0.25) is 19.5 Å². The number of nitro benzene ring substituents is 1. The van der Waals surface area contributed by atoms with Crippen molar-refractivity contribution >= 4 is 28.2 Å². The van der Waals surface area contributed by atoms with Crippen molar-refractivity contribution in [1.29, 1.82) is 0 Å². The lowest BCUT2D eigenvalue weighted by atomic mass is 10.1. The summed E-state index contributed by atoms with van der Waals surface area (Å²) in [5.74, 6) is 1.39. The maximum atomic E-state index is 12.8. The van der Waals surface area contributed by atoms with Crippen LogP contribution in [0.1, 0.15) is 24.7 Å². The molecule has 0 saturated heterocycles. The molecule has 27 heavy (non-hydrogen) atoms. The molecular formula is C20H17N3O4. The van der Waals surface area contributed by atoms with Crippen molar-refractivity contribution in [3.8, 4) is 5.75 Å². The summed E-state index contributed by atoms with van der Waals surface area (Å²) in [4.78, 5) is 27.9. The molecule has 0 atom stereocenters. The quantitative estimate of drug-likeness (QED) is 0.522. The van der Waals surface area contributed by atoms with E-state index in [4.69, 9.17) is 4.74 Å². The van der Waals surface area contributed by atoms with Gasteiger partial charge in [-0.15, -0.1) is 0 Å². The molecule has 0 spiro atoms. The van der Waals surface area contributed by atoms with Crippen molar-refractivity contribution in [1.82, 2.24) is 9.55 Å². The molecular weight excluding hydrogens is 346 g/mol. The molecule has 7 nitrogen and oxygen atoms in total. The lowest BCUT2D eigenvalue weighted by molar-refractivity contribution is -0.384. The summed E-state index contributed by atoms with van der Waals surface area (Å²) in [6.45, 7) is 3.00. The number of allylic oxidation sites excluding steroid dienone is 1. The number of ether oxygens (including phenoxy) is 1. The van der Waals surface area contributed by atoms with Crippen LogP contribution in [0.5, 0.6) is 5.75 Å². The minimum Gasteiger partial charge on any atom is -0.493 e. The second kappa shape index (κ2) is 6.68. The molecule has 0 radical (unpaired) electrons. The van der Waals surface area contributed by atoms with Gasteiger partial charge in [0.15, 0.2) is 0 Å². The van der Waals surface area contributed by atoms with Gasteiger partial charge in [0, 0.05) is 24.2 Å². The normalized spacial score (nSPS) is 14.5. The highest BCUT2D eigenvalue weighted by molar-refractivity contribution is 5.86. The average Bonchev–Trinajstić information content (AvgIpc) is 3.06. The first-order valence-electron chi connectivity index (χ1n) is 8.70. The zero-order chi connectivity index (χ0) is 19.0. The van der Waals surface area contributed by atoms with Crippen molar-refractivity contribution < 1.29 is 9.66 Å². The van der Waals surface area contributed by atoms with Gasteiger partial charge < -0.3 is 4.74 Å². The topological polar surface area (TPSA) is 87.3 Å². The summed E-state index contributed by atoms with van der Waals surface area (Å²) in [5.41, 5.74) is 1.98. The van der Waals surface area contributed by atoms with Gasteiger partial charge in [-0.1, -0.05) is 18.2 Å². The molecule has 0 aliphatic carbocycles. The van der Waals surface area contributed by atoms with Crippen LogP contribution in [-0.4, -0.2) is 21.1 Å². The number of non-ortho nitro benzene ring substituents is 1. The molecule has 0 N–H and O–H groups in total. The van der Waals surface area contributed by atoms with E-state index in [0.29, 0.717) is 30.9 Å². The first-order valence-corrected chi connectivity index (χ1v) is 8.70. The Balaban J connectivity index is 1.85. The van der Waals surface area contributed by atoms with E-state index in [1.165, 1.54) is 18.2 Å². The van der Waals surface area contributed by atoms with Crippen LogP contribution < -0.4 is 10.3 Å². The average molecular weight is 363 g/mol. The van der Waals surface area contributed by atoms with Crippen molar-refractivity contribution in [2.45, 2.75) is 19.9 Å². The predicted octanol–water partition coefficient (Wildman–Crippen LogP) is 3.65. The number of nitro groups is 1. The smallest absolute Gasteiger partial charge is 0.270 e. The first kappa shape index (κ1) is 17.0. The molecule has 1 aromatic heterocycles. The summed E-state index contributed by atoms with van der Waals surface area (Å²) >= 11 is 0. The molecule has 136 valence electrons. The second-order valence-corrected chi connectivity index (χ2v) is 6.24. The van der Waals surface area contributed by atoms with Crippen molar-refractivity contribution in [3.63, 3.8) is 0 Å². The third kappa shape index (κ3) is 2.97. The van der Waals surface area contributed by atoms with E-state index >= 15 is 0 Å². The number of para-hydroxylation sites is 1. The van der Waals surface area contributed by atoms with Crippen LogP contribution in [0.25, 0.3) is 22.6 Å². The van der Waals surface area contributed by atoms with E-state index in [0.717, 1.165) is 16.9 Å². The second-order valence-electron chi connectivity index (χ2n) is 6.24. The highest BCUT2D eigenvalue weighted by atomic mass is 16.6. The molecule has 1 aliphatic heterocycles. The number of aromatic nitrogens is 2. The van der Waals surface area contributed by atoms with E-state index in [2.05, 4.69) is 4.98 Å². The number of hydrogen-bond acceptors (Lipinski definition) is 5. The van der Waals surface area contributed by atoms with Crippen LogP contribution in [0.3, 0.4) is 0 Å². The standard InChI is InChI=1S/C20H17N3O4/c1-2-27-18-6-4-3-5-13(18)11-14-9-10-22-19(14)21-17-8-7-15(23(25)26)12-16(17)20(22)24/h3-8,11-12H,2,9-10H2,1H3/b14-11+. The summed E-state index contributed by atoms with van der Waals surface area (Å²) in [7, 11) is 0. The van der Waals surface area contributed by atoms with E-state index in [1.54, 1.807) is 4.57 Å². The lowest BCUT2D eigenvalue weighted by Gasteiger charge is -2.08. The number of fused-ring (bicyclic) bond motifs is 2. The zero-order valence-corrected chi connectivity index (χ0v) is 14.7. The Morgan fingerprint density at radius 2 is 2.11 bits per heavy atom. The van der Waals surface area contributed by atoms with Gasteiger partial charge in [-0.05, 0) is 37.1 Å². The van der Waals surface area contributed by atoms with Gasteiger partial charge in [0.2, 0.25) is 0 Å². The highest BCUT2D eigenvalue weighted by Crippen LogP contribution is 2.30. The fourth-order valence-electron chi connectivity index (χ4n) is 3.33. The maximum Gasteiger partial charge on any atom is 0.270 e. The number of hydrogen-bond donors (Lipinski definition) is 0. The third-order valence-corrected chi connectivity index (χ3v) is 4.59. The Labute approximate surface area is 154 Å². The fraction of sp³-hybridized carbons (Fsp3) is 0.200. The molecule has 7 heteroatoms. The SMILES string of the molecule is CCOc1ccccc1/C=C1\CCn2c1nc1ccc([N+](=O)[O-])cc1c2=O. The van der Waals surface area contributed by atoms with E-state index < -0.39 is 4.92 Å². The van der Waals surface area contributed by atoms with Crippen LogP contribution in [0.4, 0.5) is 5.69 Å². The Kier molecular flexibility index (Phi) is 4.19. The predicted molar refractivity (Wildman–Crippen MR) is 103 cm³/mol. The minimum absolute atomic E-state index is 0.110. The van der Waals surface area contributed by atoms with Crippen LogP contribution in [-0.2, 0) is 6.54 Å². The van der Waals surface area contributed by atoms with Crippen molar-refractivity contribution in [3.05, 3.63) is 74.3 Å². The molecule has 2 aromatic carbocycles. The lowest BCUT2D eigenvalue weighted by Crippen LogP contribution is -2.20. The van der Waals surface area contributed by atoms with Gasteiger partial charge in [0.05, 0.1) is 22.4 Å². The summed E-state index contributed by atoms with van der Waals surface area (Å²) in [5, 5.41) is 11.3. The van der Waals surface area contributed by atoms with Gasteiger partial charge in [0.1, 0.15) is 11.6 Å². The molecule has 0 amide bonds. The molecule has 4 rings (SSSR count). The largest absolute Gasteiger partial charge is 0.493 e. The van der Waals surface area contributed by atoms with E-state index in [-0.39, 0.29) is 16.6 Å². The number of nitrogens with zero attached hydrogens (tertiary/aromatic N) is 3. The third-order valence-electron chi connectivity index (χ3n) is 4.59. The fourth-order valence-corrected chi connectivity index (χ4v) is 3.33. The Morgan fingerprint density at radius 3 is 2.89 bits per heavy atom.